The van der Waals surface area contributed by atoms with E-state index in [-0.39, 0.29) is 5.82 Å². The van der Waals surface area contributed by atoms with Crippen LogP contribution >= 0.6 is 15.9 Å². The van der Waals surface area contributed by atoms with Crippen LogP contribution in [0.4, 0.5) is 10.3 Å². The fourth-order valence-electron chi connectivity index (χ4n) is 1.86. The lowest BCUT2D eigenvalue weighted by Gasteiger charge is -2.12. The van der Waals surface area contributed by atoms with Crippen molar-refractivity contribution in [2.24, 2.45) is 0 Å². The van der Waals surface area contributed by atoms with E-state index in [1.54, 1.807) is 6.07 Å². The number of nitrogens with zero attached hydrogens (tertiary/aromatic N) is 2. The summed E-state index contributed by atoms with van der Waals surface area (Å²) in [4.78, 5) is 4.41. The molecule has 2 aromatic rings. The lowest BCUT2D eigenvalue weighted by molar-refractivity contribution is 0.619. The molecule has 5 heteroatoms. The van der Waals surface area contributed by atoms with Gasteiger partial charge >= 0.3 is 0 Å². The molecular weight excluding hydrogens is 297 g/mol. The molecule has 0 unspecified atom stereocenters. The zero-order chi connectivity index (χ0) is 13.3. The summed E-state index contributed by atoms with van der Waals surface area (Å²) in [6.07, 6.45) is 1.94. The van der Waals surface area contributed by atoms with Gasteiger partial charge in [-0.3, -0.25) is 4.57 Å². The van der Waals surface area contributed by atoms with Crippen molar-refractivity contribution < 1.29 is 4.39 Å². The maximum atomic E-state index is 13.4. The van der Waals surface area contributed by atoms with Gasteiger partial charge in [0.05, 0.1) is 15.9 Å². The highest BCUT2D eigenvalue weighted by molar-refractivity contribution is 9.10. The van der Waals surface area contributed by atoms with Crippen molar-refractivity contribution >= 4 is 21.9 Å². The van der Waals surface area contributed by atoms with Crippen molar-refractivity contribution in [2.75, 3.05) is 11.9 Å². The number of aromatic nitrogens is 2. The summed E-state index contributed by atoms with van der Waals surface area (Å²) < 4.78 is 15.8. The highest BCUT2D eigenvalue weighted by Gasteiger charge is 2.11. The molecule has 0 fully saturated rings. The second-order valence-corrected chi connectivity index (χ2v) is 5.01. The first kappa shape index (κ1) is 13.1. The lowest BCUT2D eigenvalue weighted by atomic mass is 10.2. The van der Waals surface area contributed by atoms with Crippen LogP contribution in [0.1, 0.15) is 18.2 Å². The van der Waals surface area contributed by atoms with E-state index in [0.717, 1.165) is 29.4 Å². The molecule has 1 N–H and O–H groups in total. The Hall–Kier alpha value is -1.36. The number of aryl methyl sites for hydroxylation is 2. The third-order valence-electron chi connectivity index (χ3n) is 2.66. The van der Waals surface area contributed by atoms with E-state index in [4.69, 9.17) is 0 Å². The van der Waals surface area contributed by atoms with Crippen molar-refractivity contribution in [2.45, 2.75) is 20.8 Å². The Bertz CT molecular complexity index is 578. The van der Waals surface area contributed by atoms with Crippen LogP contribution in [0, 0.1) is 19.7 Å². The molecule has 1 aromatic heterocycles. The molecule has 1 heterocycles. The number of anilines is 1. The Kier molecular flexibility index (Phi) is 3.71. The van der Waals surface area contributed by atoms with E-state index in [1.165, 1.54) is 6.07 Å². The molecule has 18 heavy (non-hydrogen) atoms. The molecule has 0 amide bonds. The Morgan fingerprint density at radius 3 is 2.78 bits per heavy atom. The first-order chi connectivity index (χ1) is 8.52. The largest absolute Gasteiger partial charge is 0.356 e. The fourth-order valence-corrected chi connectivity index (χ4v) is 2.19. The van der Waals surface area contributed by atoms with Gasteiger partial charge in [0.1, 0.15) is 5.82 Å². The van der Waals surface area contributed by atoms with Crippen LogP contribution in [0.15, 0.2) is 22.8 Å². The van der Waals surface area contributed by atoms with Crippen molar-refractivity contribution in [3.63, 3.8) is 0 Å². The third kappa shape index (κ3) is 2.41. The molecular formula is C13H15BrFN3. The molecule has 0 saturated heterocycles. The summed E-state index contributed by atoms with van der Waals surface area (Å²) in [6, 6.07) is 3.29. The Morgan fingerprint density at radius 2 is 2.11 bits per heavy atom. The van der Waals surface area contributed by atoms with Gasteiger partial charge in [0, 0.05) is 12.7 Å². The molecule has 2 rings (SSSR count). The maximum Gasteiger partial charge on any atom is 0.207 e. The minimum absolute atomic E-state index is 0.252. The Labute approximate surface area is 114 Å². The summed E-state index contributed by atoms with van der Waals surface area (Å²) in [5, 5.41) is 3.20. The number of nitrogens with one attached hydrogen (secondary N) is 1. The van der Waals surface area contributed by atoms with Gasteiger partial charge in [-0.2, -0.15) is 0 Å². The quantitative estimate of drug-likeness (QED) is 0.933. The van der Waals surface area contributed by atoms with E-state index in [0.29, 0.717) is 4.47 Å². The second-order valence-electron chi connectivity index (χ2n) is 4.16. The Morgan fingerprint density at radius 1 is 1.39 bits per heavy atom. The number of halogens is 2. The van der Waals surface area contributed by atoms with Gasteiger partial charge in [0.2, 0.25) is 5.95 Å². The molecule has 96 valence electrons. The van der Waals surface area contributed by atoms with Crippen LogP contribution in [-0.4, -0.2) is 16.1 Å². The van der Waals surface area contributed by atoms with Crippen LogP contribution in [0.5, 0.6) is 0 Å². The molecule has 0 atom stereocenters. The van der Waals surface area contributed by atoms with E-state index in [2.05, 4.69) is 26.2 Å². The summed E-state index contributed by atoms with van der Waals surface area (Å²) in [7, 11) is 0. The first-order valence-corrected chi connectivity index (χ1v) is 6.58. The zero-order valence-electron chi connectivity index (χ0n) is 10.6. The van der Waals surface area contributed by atoms with Crippen molar-refractivity contribution in [3.05, 3.63) is 39.9 Å². The number of hydrogen-bond acceptors (Lipinski definition) is 2. The topological polar surface area (TPSA) is 29.9 Å². The van der Waals surface area contributed by atoms with E-state index in [1.807, 2.05) is 31.5 Å². The minimum Gasteiger partial charge on any atom is -0.356 e. The smallest absolute Gasteiger partial charge is 0.207 e. The molecule has 0 radical (unpaired) electrons. The molecule has 1 aromatic carbocycles. The fraction of sp³-hybridized carbons (Fsp3) is 0.308. The van der Waals surface area contributed by atoms with Crippen molar-refractivity contribution in [1.82, 2.24) is 9.55 Å². The molecule has 0 bridgehead atoms. The number of hydrogen-bond donors (Lipinski definition) is 1. The monoisotopic (exact) mass is 311 g/mol. The second kappa shape index (κ2) is 5.10. The van der Waals surface area contributed by atoms with Crippen LogP contribution in [0.3, 0.4) is 0 Å². The standard InChI is InChI=1S/C13H15BrFN3/c1-4-16-13-17-9(3)7-18(13)12-6-10(14)11(15)5-8(12)2/h5-7H,4H2,1-3H3,(H,16,17). The van der Waals surface area contributed by atoms with Crippen LogP contribution in [0.2, 0.25) is 0 Å². The van der Waals surface area contributed by atoms with Crippen molar-refractivity contribution in [1.29, 1.82) is 0 Å². The molecule has 0 aliphatic heterocycles. The van der Waals surface area contributed by atoms with E-state index in [9.17, 15) is 4.39 Å². The molecule has 0 aliphatic carbocycles. The molecule has 0 aliphatic rings. The predicted octanol–water partition coefficient (Wildman–Crippen LogP) is 3.82. The number of benzene rings is 1. The average molecular weight is 312 g/mol. The van der Waals surface area contributed by atoms with Gasteiger partial charge in [-0.1, -0.05) is 0 Å². The number of rotatable bonds is 3. The summed E-state index contributed by atoms with van der Waals surface area (Å²) in [6.45, 7) is 6.63. The van der Waals surface area contributed by atoms with Gasteiger partial charge < -0.3 is 5.32 Å². The van der Waals surface area contributed by atoms with E-state index >= 15 is 0 Å². The van der Waals surface area contributed by atoms with Crippen molar-refractivity contribution in [3.8, 4) is 5.69 Å². The highest BCUT2D eigenvalue weighted by atomic mass is 79.9. The minimum atomic E-state index is -0.252. The summed E-state index contributed by atoms with van der Waals surface area (Å²) in [5.74, 6) is 0.523. The van der Waals surface area contributed by atoms with Gasteiger partial charge in [-0.15, -0.1) is 0 Å². The molecule has 3 nitrogen and oxygen atoms in total. The van der Waals surface area contributed by atoms with Crippen LogP contribution in [-0.2, 0) is 0 Å². The van der Waals surface area contributed by atoms with Gasteiger partial charge in [-0.05, 0) is 54.4 Å². The first-order valence-electron chi connectivity index (χ1n) is 5.78. The van der Waals surface area contributed by atoms with Gasteiger partial charge in [0.25, 0.3) is 0 Å². The third-order valence-corrected chi connectivity index (χ3v) is 3.27. The molecule has 0 spiro atoms. The van der Waals surface area contributed by atoms with Gasteiger partial charge in [0.15, 0.2) is 0 Å². The predicted molar refractivity (Wildman–Crippen MR) is 74.9 cm³/mol. The SMILES string of the molecule is CCNc1nc(C)cn1-c1cc(Br)c(F)cc1C. The zero-order valence-corrected chi connectivity index (χ0v) is 12.2. The normalized spacial score (nSPS) is 10.7. The summed E-state index contributed by atoms with van der Waals surface area (Å²) in [5.41, 5.74) is 2.71. The Balaban J connectivity index is 2.57. The molecule has 0 saturated carbocycles. The number of imidazole rings is 1. The van der Waals surface area contributed by atoms with Crippen LogP contribution in [0.25, 0.3) is 5.69 Å². The lowest BCUT2D eigenvalue weighted by Crippen LogP contribution is -2.06. The van der Waals surface area contributed by atoms with E-state index < -0.39 is 0 Å². The summed E-state index contributed by atoms with van der Waals surface area (Å²) >= 11 is 3.22. The average Bonchev–Trinajstić information content (AvgIpc) is 2.65. The highest BCUT2D eigenvalue weighted by Crippen LogP contribution is 2.26. The van der Waals surface area contributed by atoms with Crippen LogP contribution < -0.4 is 5.32 Å². The van der Waals surface area contributed by atoms with Gasteiger partial charge in [-0.25, -0.2) is 9.37 Å². The maximum absolute atomic E-state index is 13.4.